The van der Waals surface area contributed by atoms with E-state index in [4.69, 9.17) is 4.98 Å². The van der Waals surface area contributed by atoms with E-state index in [1.807, 2.05) is 6.07 Å². The first-order valence-corrected chi connectivity index (χ1v) is 10.3. The highest BCUT2D eigenvalue weighted by atomic mass is 79.9. The van der Waals surface area contributed by atoms with Gasteiger partial charge in [0.25, 0.3) is 0 Å². The lowest BCUT2D eigenvalue weighted by atomic mass is 9.97. The molecule has 1 atom stereocenters. The summed E-state index contributed by atoms with van der Waals surface area (Å²) >= 11 is 3.26. The summed E-state index contributed by atoms with van der Waals surface area (Å²) < 4.78 is 14.4. The monoisotopic (exact) mass is 453 g/mol. The Balaban J connectivity index is 1.65. The van der Waals surface area contributed by atoms with Crippen molar-refractivity contribution in [3.8, 4) is 5.69 Å². The lowest BCUT2D eigenvalue weighted by molar-refractivity contribution is 0.466. The van der Waals surface area contributed by atoms with Gasteiger partial charge in [-0.3, -0.25) is 0 Å². The summed E-state index contributed by atoms with van der Waals surface area (Å²) in [5, 5.41) is 8.60. The van der Waals surface area contributed by atoms with Crippen LogP contribution in [-0.4, -0.2) is 31.5 Å². The van der Waals surface area contributed by atoms with E-state index in [9.17, 15) is 4.39 Å². The number of halogens is 2. The van der Waals surface area contributed by atoms with Crippen LogP contribution in [0.4, 0.5) is 10.1 Å². The van der Waals surface area contributed by atoms with Gasteiger partial charge in [-0.2, -0.15) is 10.2 Å². The molecule has 2 aromatic heterocycles. The standard InChI is InChI=1S/C21H19BrFN6/c1-13-4-5-18(29-24-7-8-25-29)19(10-13)28-9-3-6-21(28,2)20-26-16-11-14(22)15(23)12-17(16)27-20/h4,7-8,10-12H,3,6,9H2,1-2H3,(H,26,27)/t21-/m0/s1. The van der Waals surface area contributed by atoms with Crippen molar-refractivity contribution >= 4 is 32.7 Å². The fraction of sp³-hybridized carbons (Fsp3) is 0.286. The van der Waals surface area contributed by atoms with Crippen molar-refractivity contribution in [1.82, 2.24) is 25.0 Å². The molecular weight excluding hydrogens is 435 g/mol. The molecule has 3 heterocycles. The number of aryl methyl sites for hydroxylation is 1. The predicted octanol–water partition coefficient (Wildman–Crippen LogP) is 4.67. The van der Waals surface area contributed by atoms with Gasteiger partial charge in [0.1, 0.15) is 17.3 Å². The quantitative estimate of drug-likeness (QED) is 0.489. The Bertz CT molecular complexity index is 1160. The number of fused-ring (bicyclic) bond motifs is 1. The van der Waals surface area contributed by atoms with Gasteiger partial charge in [-0.25, -0.2) is 9.37 Å². The molecule has 2 aromatic carbocycles. The predicted molar refractivity (Wildman–Crippen MR) is 113 cm³/mol. The average molecular weight is 454 g/mol. The van der Waals surface area contributed by atoms with Crippen molar-refractivity contribution in [2.24, 2.45) is 0 Å². The van der Waals surface area contributed by atoms with Gasteiger partial charge in [0.15, 0.2) is 0 Å². The van der Waals surface area contributed by atoms with Crippen molar-refractivity contribution in [3.05, 3.63) is 64.4 Å². The van der Waals surface area contributed by atoms with Gasteiger partial charge in [0.05, 0.1) is 39.1 Å². The van der Waals surface area contributed by atoms with Crippen LogP contribution in [0.15, 0.2) is 41.1 Å². The highest BCUT2D eigenvalue weighted by Gasteiger charge is 2.42. The van der Waals surface area contributed by atoms with Crippen LogP contribution in [0.3, 0.4) is 0 Å². The zero-order valence-corrected chi connectivity index (χ0v) is 17.7. The smallest absolute Gasteiger partial charge is 0.139 e. The molecule has 5 rings (SSSR count). The number of nitrogens with one attached hydrogen (secondary N) is 1. The van der Waals surface area contributed by atoms with Crippen molar-refractivity contribution < 1.29 is 4.39 Å². The van der Waals surface area contributed by atoms with E-state index < -0.39 is 0 Å². The molecule has 0 unspecified atom stereocenters. The van der Waals surface area contributed by atoms with E-state index in [-0.39, 0.29) is 11.4 Å². The molecule has 0 amide bonds. The number of aromatic nitrogens is 5. The van der Waals surface area contributed by atoms with Gasteiger partial charge in [0, 0.05) is 18.7 Å². The van der Waals surface area contributed by atoms with E-state index >= 15 is 0 Å². The van der Waals surface area contributed by atoms with Gasteiger partial charge >= 0.3 is 0 Å². The van der Waals surface area contributed by atoms with Gasteiger partial charge in [-0.15, -0.1) is 4.80 Å². The van der Waals surface area contributed by atoms with Crippen LogP contribution < -0.4 is 4.90 Å². The van der Waals surface area contributed by atoms with E-state index in [2.05, 4.69) is 62.0 Å². The fourth-order valence-electron chi connectivity index (χ4n) is 4.13. The fourth-order valence-corrected chi connectivity index (χ4v) is 4.48. The number of benzene rings is 2. The Kier molecular flexibility index (Phi) is 4.20. The number of aromatic amines is 1. The highest BCUT2D eigenvalue weighted by Crippen LogP contribution is 2.43. The Hall–Kier alpha value is -2.74. The Morgan fingerprint density at radius 2 is 2.03 bits per heavy atom. The minimum atomic E-state index is -0.370. The summed E-state index contributed by atoms with van der Waals surface area (Å²) in [4.78, 5) is 12.1. The maximum absolute atomic E-state index is 14.0. The molecule has 1 aliphatic heterocycles. The SMILES string of the molecule is Cc1c[c]c(-n2nccn2)c(N2CCC[C@@]2(C)c2nc3cc(F)c(Br)cc3[nH]2)c1. The molecule has 1 aliphatic rings. The summed E-state index contributed by atoms with van der Waals surface area (Å²) in [7, 11) is 0. The van der Waals surface area contributed by atoms with E-state index in [0.717, 1.165) is 47.7 Å². The largest absolute Gasteiger partial charge is 0.357 e. The van der Waals surface area contributed by atoms with Crippen LogP contribution in [-0.2, 0) is 5.54 Å². The van der Waals surface area contributed by atoms with Crippen LogP contribution in [0.2, 0.25) is 0 Å². The Labute approximate surface area is 175 Å². The minimum absolute atomic E-state index is 0.315. The Morgan fingerprint density at radius 3 is 2.83 bits per heavy atom. The van der Waals surface area contributed by atoms with Crippen LogP contribution in [0.1, 0.15) is 31.2 Å². The molecular formula is C21H19BrFN6. The molecule has 4 aromatic rings. The van der Waals surface area contributed by atoms with Gasteiger partial charge in [-0.05, 0) is 66.4 Å². The zero-order valence-electron chi connectivity index (χ0n) is 16.1. The van der Waals surface area contributed by atoms with Gasteiger partial charge < -0.3 is 9.88 Å². The maximum atomic E-state index is 14.0. The summed E-state index contributed by atoms with van der Waals surface area (Å²) in [6, 6.07) is 10.6. The number of hydrogen-bond donors (Lipinski definition) is 1. The summed E-state index contributed by atoms with van der Waals surface area (Å²) in [6.45, 7) is 5.10. The van der Waals surface area contributed by atoms with Crippen molar-refractivity contribution in [1.29, 1.82) is 0 Å². The van der Waals surface area contributed by atoms with E-state index in [1.165, 1.54) is 6.07 Å². The average Bonchev–Trinajstić information content (AvgIpc) is 3.42. The third-order valence-electron chi connectivity index (χ3n) is 5.63. The van der Waals surface area contributed by atoms with E-state index in [0.29, 0.717) is 9.99 Å². The van der Waals surface area contributed by atoms with Crippen LogP contribution >= 0.6 is 15.9 Å². The summed E-state index contributed by atoms with van der Waals surface area (Å²) in [5.41, 5.74) is 3.99. The molecule has 1 fully saturated rings. The highest BCUT2D eigenvalue weighted by molar-refractivity contribution is 9.10. The second-order valence-electron chi connectivity index (χ2n) is 7.63. The molecule has 0 saturated carbocycles. The first-order valence-electron chi connectivity index (χ1n) is 9.47. The molecule has 29 heavy (non-hydrogen) atoms. The van der Waals surface area contributed by atoms with Crippen LogP contribution in [0.25, 0.3) is 16.7 Å². The molecule has 147 valence electrons. The molecule has 0 aliphatic carbocycles. The number of H-pyrrole nitrogens is 1. The zero-order chi connectivity index (χ0) is 20.2. The maximum Gasteiger partial charge on any atom is 0.139 e. The third-order valence-corrected chi connectivity index (χ3v) is 6.24. The normalized spacial score (nSPS) is 19.4. The second-order valence-corrected chi connectivity index (χ2v) is 8.48. The van der Waals surface area contributed by atoms with Crippen molar-refractivity contribution in [3.63, 3.8) is 0 Å². The topological polar surface area (TPSA) is 62.6 Å². The van der Waals surface area contributed by atoms with Crippen molar-refractivity contribution in [2.75, 3.05) is 11.4 Å². The van der Waals surface area contributed by atoms with Crippen LogP contribution in [0, 0.1) is 18.8 Å². The number of rotatable bonds is 3. The molecule has 8 heteroatoms. The van der Waals surface area contributed by atoms with Gasteiger partial charge in [-0.1, -0.05) is 0 Å². The lowest BCUT2D eigenvalue weighted by Crippen LogP contribution is -2.40. The molecule has 0 bridgehead atoms. The molecule has 1 N–H and O–H groups in total. The first kappa shape index (κ1) is 18.3. The number of nitrogens with zero attached hydrogens (tertiary/aromatic N) is 5. The van der Waals surface area contributed by atoms with Crippen LogP contribution in [0.5, 0.6) is 0 Å². The third kappa shape index (κ3) is 2.93. The van der Waals surface area contributed by atoms with E-state index in [1.54, 1.807) is 23.3 Å². The molecule has 1 saturated heterocycles. The van der Waals surface area contributed by atoms with Gasteiger partial charge in [0.2, 0.25) is 0 Å². The molecule has 0 spiro atoms. The second kappa shape index (κ2) is 6.66. The molecule has 1 radical (unpaired) electrons. The summed E-state index contributed by atoms with van der Waals surface area (Å²) in [6.07, 6.45) is 5.26. The van der Waals surface area contributed by atoms with Crippen molar-refractivity contribution in [2.45, 2.75) is 32.2 Å². The number of imidazole rings is 1. The Morgan fingerprint density at radius 1 is 1.24 bits per heavy atom. The molecule has 6 nitrogen and oxygen atoms in total. The lowest BCUT2D eigenvalue weighted by Gasteiger charge is -2.36. The number of anilines is 1. The first-order chi connectivity index (χ1) is 14.0. The number of hydrogen-bond acceptors (Lipinski definition) is 4. The summed E-state index contributed by atoms with van der Waals surface area (Å²) in [5.74, 6) is 0.507. The minimum Gasteiger partial charge on any atom is -0.357 e.